The second-order valence-electron chi connectivity index (χ2n) is 5.26. The van der Waals surface area contributed by atoms with Gasteiger partial charge >= 0.3 is 0 Å². The molecule has 0 atom stereocenters. The van der Waals surface area contributed by atoms with Crippen molar-refractivity contribution in [2.24, 2.45) is 5.41 Å². The molecule has 18 heavy (non-hydrogen) atoms. The van der Waals surface area contributed by atoms with E-state index in [0.717, 1.165) is 32.6 Å². The van der Waals surface area contributed by atoms with Gasteiger partial charge in [-0.3, -0.25) is 0 Å². The lowest BCUT2D eigenvalue weighted by atomic mass is 9.82. The molecule has 1 N–H and O–H groups in total. The molecular formula is C14H19ClFNO. The van der Waals surface area contributed by atoms with Crippen LogP contribution in [0.25, 0.3) is 0 Å². The zero-order valence-corrected chi connectivity index (χ0v) is 11.4. The molecular weight excluding hydrogens is 253 g/mol. The lowest BCUT2D eigenvalue weighted by Crippen LogP contribution is -2.36. The van der Waals surface area contributed by atoms with Crippen LogP contribution in [0.4, 0.5) is 4.39 Å². The van der Waals surface area contributed by atoms with E-state index in [4.69, 9.17) is 16.3 Å². The highest BCUT2D eigenvalue weighted by atomic mass is 35.5. The maximum atomic E-state index is 13.6. The fourth-order valence-electron chi connectivity index (χ4n) is 2.20. The van der Waals surface area contributed by atoms with Gasteiger partial charge < -0.3 is 10.1 Å². The summed E-state index contributed by atoms with van der Waals surface area (Å²) in [5.74, 6) is -0.243. The van der Waals surface area contributed by atoms with Gasteiger partial charge in [0.25, 0.3) is 0 Å². The molecule has 0 bridgehead atoms. The van der Waals surface area contributed by atoms with E-state index in [1.165, 1.54) is 6.07 Å². The van der Waals surface area contributed by atoms with E-state index in [2.05, 4.69) is 12.2 Å². The van der Waals surface area contributed by atoms with Crippen LogP contribution in [0.2, 0.25) is 5.02 Å². The van der Waals surface area contributed by atoms with Crippen molar-refractivity contribution in [1.82, 2.24) is 5.32 Å². The van der Waals surface area contributed by atoms with Gasteiger partial charge in [-0.2, -0.15) is 0 Å². The Labute approximate surface area is 112 Å². The molecule has 2 rings (SSSR count). The molecule has 0 saturated carbocycles. The van der Waals surface area contributed by atoms with Crippen LogP contribution in [0.15, 0.2) is 18.2 Å². The Kier molecular flexibility index (Phi) is 4.60. The number of benzene rings is 1. The minimum atomic E-state index is -0.243. The molecule has 1 aromatic rings. The lowest BCUT2D eigenvalue weighted by Gasteiger charge is -2.33. The molecule has 0 aromatic heterocycles. The van der Waals surface area contributed by atoms with Gasteiger partial charge in [-0.25, -0.2) is 4.39 Å². The first kappa shape index (κ1) is 13.8. The molecule has 4 heteroatoms. The van der Waals surface area contributed by atoms with Gasteiger partial charge in [0, 0.05) is 36.9 Å². The van der Waals surface area contributed by atoms with E-state index >= 15 is 0 Å². The average molecular weight is 272 g/mol. The smallest absolute Gasteiger partial charge is 0.129 e. The zero-order chi connectivity index (χ0) is 13.0. The number of ether oxygens (including phenoxy) is 1. The number of nitrogens with one attached hydrogen (secondary N) is 1. The van der Waals surface area contributed by atoms with Gasteiger partial charge in [0.2, 0.25) is 0 Å². The van der Waals surface area contributed by atoms with Gasteiger partial charge in [-0.1, -0.05) is 24.6 Å². The fraction of sp³-hybridized carbons (Fsp3) is 0.571. The van der Waals surface area contributed by atoms with Crippen LogP contribution in [0.5, 0.6) is 0 Å². The predicted octanol–water partition coefficient (Wildman–Crippen LogP) is 3.39. The number of hydrogen-bond donors (Lipinski definition) is 1. The minimum Gasteiger partial charge on any atom is -0.381 e. The van der Waals surface area contributed by atoms with Crippen LogP contribution in [0.1, 0.15) is 25.3 Å². The van der Waals surface area contributed by atoms with Crippen molar-refractivity contribution in [3.63, 3.8) is 0 Å². The molecule has 0 spiro atoms. The van der Waals surface area contributed by atoms with Crippen LogP contribution < -0.4 is 5.32 Å². The summed E-state index contributed by atoms with van der Waals surface area (Å²) in [5.41, 5.74) is 0.927. The van der Waals surface area contributed by atoms with Crippen LogP contribution in [-0.2, 0) is 11.3 Å². The third kappa shape index (κ3) is 3.67. The Morgan fingerprint density at radius 3 is 2.78 bits per heavy atom. The van der Waals surface area contributed by atoms with Crippen molar-refractivity contribution in [3.05, 3.63) is 34.6 Å². The van der Waals surface area contributed by atoms with E-state index in [-0.39, 0.29) is 11.2 Å². The largest absolute Gasteiger partial charge is 0.381 e. The van der Waals surface area contributed by atoms with Gasteiger partial charge in [0.15, 0.2) is 0 Å². The summed E-state index contributed by atoms with van der Waals surface area (Å²) in [7, 11) is 0. The fourth-order valence-corrected chi connectivity index (χ4v) is 2.36. The normalized spacial score (nSPS) is 18.8. The van der Waals surface area contributed by atoms with Crippen molar-refractivity contribution < 1.29 is 9.13 Å². The molecule has 1 aromatic carbocycles. The first-order valence-electron chi connectivity index (χ1n) is 6.31. The van der Waals surface area contributed by atoms with E-state index in [1.54, 1.807) is 12.1 Å². The SMILES string of the molecule is CC1(CNCc2ccc(Cl)cc2F)CCOCC1. The van der Waals surface area contributed by atoms with Gasteiger partial charge in [0.1, 0.15) is 5.82 Å². The molecule has 1 heterocycles. The van der Waals surface area contributed by atoms with E-state index in [1.807, 2.05) is 0 Å². The van der Waals surface area contributed by atoms with E-state index < -0.39 is 0 Å². The molecule has 0 amide bonds. The Bertz CT molecular complexity index is 405. The molecule has 0 radical (unpaired) electrons. The molecule has 0 aliphatic carbocycles. The van der Waals surface area contributed by atoms with Crippen molar-refractivity contribution in [3.8, 4) is 0 Å². The van der Waals surface area contributed by atoms with Crippen LogP contribution >= 0.6 is 11.6 Å². The van der Waals surface area contributed by atoms with Crippen molar-refractivity contribution >= 4 is 11.6 Å². The number of halogens is 2. The summed E-state index contributed by atoms with van der Waals surface area (Å²) in [4.78, 5) is 0. The third-order valence-corrected chi connectivity index (χ3v) is 3.82. The highest BCUT2D eigenvalue weighted by Gasteiger charge is 2.26. The van der Waals surface area contributed by atoms with Crippen molar-refractivity contribution in [1.29, 1.82) is 0 Å². The Balaban J connectivity index is 1.84. The Morgan fingerprint density at radius 2 is 2.11 bits per heavy atom. The highest BCUT2D eigenvalue weighted by Crippen LogP contribution is 2.28. The Morgan fingerprint density at radius 1 is 1.39 bits per heavy atom. The summed E-state index contributed by atoms with van der Waals surface area (Å²) in [6, 6.07) is 4.81. The first-order valence-corrected chi connectivity index (χ1v) is 6.69. The predicted molar refractivity (Wildman–Crippen MR) is 71.3 cm³/mol. The Hall–Kier alpha value is -0.640. The van der Waals surface area contributed by atoms with Crippen molar-refractivity contribution in [2.75, 3.05) is 19.8 Å². The second-order valence-corrected chi connectivity index (χ2v) is 5.70. The molecule has 1 aliphatic rings. The van der Waals surface area contributed by atoms with Crippen LogP contribution in [0, 0.1) is 11.2 Å². The van der Waals surface area contributed by atoms with Gasteiger partial charge in [-0.15, -0.1) is 0 Å². The number of rotatable bonds is 4. The van der Waals surface area contributed by atoms with E-state index in [9.17, 15) is 4.39 Å². The van der Waals surface area contributed by atoms with Gasteiger partial charge in [0.05, 0.1) is 0 Å². The maximum absolute atomic E-state index is 13.6. The third-order valence-electron chi connectivity index (χ3n) is 3.58. The molecule has 100 valence electrons. The van der Waals surface area contributed by atoms with Crippen LogP contribution in [0.3, 0.4) is 0 Å². The summed E-state index contributed by atoms with van der Waals surface area (Å²) in [6.07, 6.45) is 2.12. The maximum Gasteiger partial charge on any atom is 0.129 e. The molecule has 1 saturated heterocycles. The number of hydrogen-bond acceptors (Lipinski definition) is 2. The zero-order valence-electron chi connectivity index (χ0n) is 10.6. The van der Waals surface area contributed by atoms with Gasteiger partial charge in [-0.05, 0) is 30.4 Å². The molecule has 1 aliphatic heterocycles. The lowest BCUT2D eigenvalue weighted by molar-refractivity contribution is 0.0240. The first-order chi connectivity index (χ1) is 8.59. The van der Waals surface area contributed by atoms with Crippen molar-refractivity contribution in [2.45, 2.75) is 26.3 Å². The van der Waals surface area contributed by atoms with E-state index in [0.29, 0.717) is 17.1 Å². The minimum absolute atomic E-state index is 0.243. The quantitative estimate of drug-likeness (QED) is 0.906. The standard InChI is InChI=1S/C14H19ClFNO/c1-14(4-6-18-7-5-14)10-17-9-11-2-3-12(15)8-13(11)16/h2-3,8,17H,4-7,9-10H2,1H3. The summed E-state index contributed by atoms with van der Waals surface area (Å²) >= 11 is 5.72. The molecule has 2 nitrogen and oxygen atoms in total. The molecule has 0 unspecified atom stereocenters. The summed E-state index contributed by atoms with van der Waals surface area (Å²) in [5, 5.41) is 3.77. The molecule has 1 fully saturated rings. The monoisotopic (exact) mass is 271 g/mol. The highest BCUT2D eigenvalue weighted by molar-refractivity contribution is 6.30. The average Bonchev–Trinajstić information content (AvgIpc) is 2.33. The topological polar surface area (TPSA) is 21.3 Å². The second kappa shape index (κ2) is 6.00. The van der Waals surface area contributed by atoms with Crippen LogP contribution in [-0.4, -0.2) is 19.8 Å². The summed E-state index contributed by atoms with van der Waals surface area (Å²) < 4.78 is 18.9. The summed E-state index contributed by atoms with van der Waals surface area (Å²) in [6.45, 7) is 5.33.